The summed E-state index contributed by atoms with van der Waals surface area (Å²) >= 11 is 5.90. The molecule has 1 aromatic carbocycles. The Labute approximate surface area is 181 Å². The number of amides is 1. The molecule has 1 aliphatic rings. The maximum atomic E-state index is 12.8. The van der Waals surface area contributed by atoms with Gasteiger partial charge in [-0.2, -0.15) is 13.2 Å². The fourth-order valence-corrected chi connectivity index (χ4v) is 3.32. The summed E-state index contributed by atoms with van der Waals surface area (Å²) in [6.07, 6.45) is -1.30. The van der Waals surface area contributed by atoms with E-state index in [9.17, 15) is 18.0 Å². The predicted octanol–water partition coefficient (Wildman–Crippen LogP) is 4.41. The van der Waals surface area contributed by atoms with Crippen LogP contribution >= 0.6 is 11.6 Å². The molecule has 1 N–H and O–H groups in total. The number of oxime groups is 1. The van der Waals surface area contributed by atoms with Crippen molar-refractivity contribution in [1.29, 1.82) is 0 Å². The zero-order chi connectivity index (χ0) is 22.4. The summed E-state index contributed by atoms with van der Waals surface area (Å²) in [6.45, 7) is -1.53. The first-order chi connectivity index (χ1) is 14.8. The predicted molar refractivity (Wildman–Crippen MR) is 108 cm³/mol. The number of halogens is 4. The molecule has 1 amide bonds. The van der Waals surface area contributed by atoms with Crippen LogP contribution in [0.2, 0.25) is 5.02 Å². The Hall–Kier alpha value is -2.88. The molecule has 31 heavy (non-hydrogen) atoms. The minimum absolute atomic E-state index is 0.0633. The Morgan fingerprint density at radius 3 is 2.68 bits per heavy atom. The molecule has 1 saturated carbocycles. The first-order valence-electron chi connectivity index (χ1n) is 9.51. The number of carbonyl (C=O) groups is 1. The normalized spacial score (nSPS) is 18.0. The van der Waals surface area contributed by atoms with Crippen LogP contribution in [0.1, 0.15) is 36.2 Å². The Balaban J connectivity index is 1.88. The van der Waals surface area contributed by atoms with Gasteiger partial charge in [0.2, 0.25) is 5.88 Å². The third kappa shape index (κ3) is 6.30. The van der Waals surface area contributed by atoms with Gasteiger partial charge in [-0.1, -0.05) is 35.3 Å². The van der Waals surface area contributed by atoms with Crippen LogP contribution in [0.15, 0.2) is 35.5 Å². The molecule has 2 aromatic rings. The van der Waals surface area contributed by atoms with Crippen LogP contribution in [0.25, 0.3) is 11.1 Å². The quantitative estimate of drug-likeness (QED) is 0.651. The van der Waals surface area contributed by atoms with Gasteiger partial charge < -0.3 is 14.9 Å². The highest BCUT2D eigenvalue weighted by molar-refractivity contribution is 6.30. The standard InChI is InChI=1S/C20H20ClF3N4O3/c1-30-28-16-5-3-2-4-15(16)25-18(29)17-10-14(12-6-8-13(21)9-7-12)19(27-26-17)31-11-20(22,23)24/h6-10,15H,2-5,11H2,1H3,(H,25,29)/t15-/m0/s1. The Bertz CT molecular complexity index is 952. The SMILES string of the molecule is CON=C1CCCC[C@@H]1NC(=O)c1cc(-c2ccc(Cl)cc2)c(OCC(F)(F)F)nn1. The van der Waals surface area contributed by atoms with Crippen LogP contribution in [0.4, 0.5) is 13.2 Å². The van der Waals surface area contributed by atoms with Crippen molar-refractivity contribution in [2.45, 2.75) is 37.9 Å². The molecule has 3 rings (SSSR count). The molecule has 11 heteroatoms. The van der Waals surface area contributed by atoms with Crippen molar-refractivity contribution in [1.82, 2.24) is 15.5 Å². The molecular weight excluding hydrogens is 437 g/mol. The summed E-state index contributed by atoms with van der Waals surface area (Å²) in [4.78, 5) is 17.6. The second kappa shape index (κ2) is 9.95. The minimum Gasteiger partial charge on any atom is -0.467 e. The Morgan fingerprint density at radius 2 is 2.00 bits per heavy atom. The maximum Gasteiger partial charge on any atom is 0.422 e. The molecule has 1 aromatic heterocycles. The lowest BCUT2D eigenvalue weighted by atomic mass is 9.93. The van der Waals surface area contributed by atoms with E-state index in [0.717, 1.165) is 18.6 Å². The van der Waals surface area contributed by atoms with E-state index in [0.29, 0.717) is 23.4 Å². The summed E-state index contributed by atoms with van der Waals surface area (Å²) in [5.41, 5.74) is 1.32. The highest BCUT2D eigenvalue weighted by Crippen LogP contribution is 2.30. The summed E-state index contributed by atoms with van der Waals surface area (Å²) in [5, 5.41) is 14.8. The Kier molecular flexibility index (Phi) is 7.32. The van der Waals surface area contributed by atoms with Gasteiger partial charge in [0.05, 0.1) is 11.8 Å². The molecule has 1 heterocycles. The lowest BCUT2D eigenvalue weighted by molar-refractivity contribution is -0.154. The van der Waals surface area contributed by atoms with Crippen LogP contribution in [0, 0.1) is 0 Å². The van der Waals surface area contributed by atoms with Crippen molar-refractivity contribution in [2.24, 2.45) is 5.16 Å². The fourth-order valence-electron chi connectivity index (χ4n) is 3.19. The first-order valence-corrected chi connectivity index (χ1v) is 9.88. The first kappa shape index (κ1) is 22.8. The molecule has 1 fully saturated rings. The molecule has 166 valence electrons. The van der Waals surface area contributed by atoms with Gasteiger partial charge in [0, 0.05) is 10.6 Å². The number of nitrogens with zero attached hydrogens (tertiary/aromatic N) is 3. The average molecular weight is 457 g/mol. The van der Waals surface area contributed by atoms with Crippen LogP contribution in [-0.2, 0) is 4.84 Å². The van der Waals surface area contributed by atoms with Crippen LogP contribution < -0.4 is 10.1 Å². The van der Waals surface area contributed by atoms with Crippen LogP contribution in [0.5, 0.6) is 5.88 Å². The summed E-state index contributed by atoms with van der Waals surface area (Å²) < 4.78 is 42.7. The number of aromatic nitrogens is 2. The third-order valence-corrected chi connectivity index (χ3v) is 4.86. The largest absolute Gasteiger partial charge is 0.467 e. The summed E-state index contributed by atoms with van der Waals surface area (Å²) in [6, 6.07) is 7.34. The number of carbonyl (C=O) groups excluding carboxylic acids is 1. The van der Waals surface area contributed by atoms with Crippen LogP contribution in [-0.4, -0.2) is 47.8 Å². The Morgan fingerprint density at radius 1 is 1.26 bits per heavy atom. The van der Waals surface area contributed by atoms with Crippen molar-refractivity contribution in [3.05, 3.63) is 41.0 Å². The van der Waals surface area contributed by atoms with E-state index in [1.807, 2.05) is 0 Å². The van der Waals surface area contributed by atoms with E-state index < -0.39 is 18.7 Å². The van der Waals surface area contributed by atoms with E-state index in [1.54, 1.807) is 24.3 Å². The van der Waals surface area contributed by atoms with Gasteiger partial charge in [-0.05, 0) is 43.0 Å². The highest BCUT2D eigenvalue weighted by atomic mass is 35.5. The minimum atomic E-state index is -4.55. The topological polar surface area (TPSA) is 85.7 Å². The average Bonchev–Trinajstić information content (AvgIpc) is 2.74. The fraction of sp³-hybridized carbons (Fsp3) is 0.400. The number of hydrogen-bond donors (Lipinski definition) is 1. The molecule has 0 bridgehead atoms. The van der Waals surface area contributed by atoms with E-state index in [1.165, 1.54) is 13.2 Å². The monoisotopic (exact) mass is 456 g/mol. The molecule has 0 unspecified atom stereocenters. The number of hydrogen-bond acceptors (Lipinski definition) is 6. The smallest absolute Gasteiger partial charge is 0.422 e. The van der Waals surface area contributed by atoms with Crippen LogP contribution in [0.3, 0.4) is 0 Å². The lowest BCUT2D eigenvalue weighted by Crippen LogP contribution is -2.43. The molecular formula is C20H20ClF3N4O3. The molecule has 0 spiro atoms. The number of ether oxygens (including phenoxy) is 1. The molecule has 0 radical (unpaired) electrons. The number of rotatable bonds is 6. The zero-order valence-corrected chi connectivity index (χ0v) is 17.3. The number of benzene rings is 1. The van der Waals surface area contributed by atoms with Crippen molar-refractivity contribution in [2.75, 3.05) is 13.7 Å². The van der Waals surface area contributed by atoms with E-state index in [4.69, 9.17) is 21.2 Å². The van der Waals surface area contributed by atoms with Crippen molar-refractivity contribution in [3.8, 4) is 17.0 Å². The molecule has 0 aliphatic heterocycles. The van der Waals surface area contributed by atoms with E-state index in [2.05, 4.69) is 20.7 Å². The second-order valence-electron chi connectivity index (χ2n) is 6.90. The molecule has 0 saturated heterocycles. The van der Waals surface area contributed by atoms with Gasteiger partial charge >= 0.3 is 6.18 Å². The molecule has 1 atom stereocenters. The van der Waals surface area contributed by atoms with Gasteiger partial charge in [0.25, 0.3) is 5.91 Å². The van der Waals surface area contributed by atoms with Gasteiger partial charge in [0.1, 0.15) is 7.11 Å². The molecule has 1 aliphatic carbocycles. The van der Waals surface area contributed by atoms with Crippen molar-refractivity contribution >= 4 is 23.2 Å². The summed E-state index contributed by atoms with van der Waals surface area (Å²) in [5.74, 6) is -0.865. The van der Waals surface area contributed by atoms with E-state index >= 15 is 0 Å². The van der Waals surface area contributed by atoms with Gasteiger partial charge in [-0.3, -0.25) is 4.79 Å². The number of nitrogens with one attached hydrogen (secondary N) is 1. The van der Waals surface area contributed by atoms with Gasteiger partial charge in [0.15, 0.2) is 12.3 Å². The zero-order valence-electron chi connectivity index (χ0n) is 16.6. The van der Waals surface area contributed by atoms with Crippen molar-refractivity contribution < 1.29 is 27.5 Å². The van der Waals surface area contributed by atoms with E-state index in [-0.39, 0.29) is 23.2 Å². The highest BCUT2D eigenvalue weighted by Gasteiger charge is 2.30. The third-order valence-electron chi connectivity index (χ3n) is 4.61. The lowest BCUT2D eigenvalue weighted by Gasteiger charge is -2.24. The molecule has 7 nitrogen and oxygen atoms in total. The second-order valence-corrected chi connectivity index (χ2v) is 7.33. The maximum absolute atomic E-state index is 12.8. The summed E-state index contributed by atoms with van der Waals surface area (Å²) in [7, 11) is 1.43. The van der Waals surface area contributed by atoms with Crippen molar-refractivity contribution in [3.63, 3.8) is 0 Å². The van der Waals surface area contributed by atoms with Gasteiger partial charge in [-0.15, -0.1) is 10.2 Å². The number of alkyl halides is 3. The van der Waals surface area contributed by atoms with Gasteiger partial charge in [-0.25, -0.2) is 0 Å².